The summed E-state index contributed by atoms with van der Waals surface area (Å²) in [6.45, 7) is 3.43. The molecule has 0 bridgehead atoms. The van der Waals surface area contributed by atoms with Crippen molar-refractivity contribution in [3.8, 4) is 5.75 Å². The minimum absolute atomic E-state index is 0.138. The van der Waals surface area contributed by atoms with Crippen LogP contribution in [0, 0.1) is 5.92 Å². The average Bonchev–Trinajstić information content (AvgIpc) is 2.82. The number of benzene rings is 2. The van der Waals surface area contributed by atoms with Crippen molar-refractivity contribution >= 4 is 21.8 Å². The van der Waals surface area contributed by atoms with Crippen LogP contribution in [0.4, 0.5) is 0 Å². The van der Waals surface area contributed by atoms with Crippen molar-refractivity contribution in [1.82, 2.24) is 14.9 Å². The van der Waals surface area contributed by atoms with Crippen molar-refractivity contribution in [2.24, 2.45) is 5.92 Å². The highest BCUT2D eigenvalue weighted by atomic mass is 32.2. The lowest BCUT2D eigenvalue weighted by molar-refractivity contribution is -0.120. The summed E-state index contributed by atoms with van der Waals surface area (Å²) in [5.74, 6) is 0.0101. The standard InChI is InChI=1S/C23H29N3O5S/c1-2-31-21-11-7-6-10-20(21)23(28)25-17-22(27)24-16-18-12-14-26(15-13-18)32(29,30)19-8-4-3-5-9-19/h3-11,18H,2,12-17H2,1H3,(H,24,27)(H,25,28). The number of ether oxygens (including phenoxy) is 1. The third-order valence-corrected chi connectivity index (χ3v) is 7.30. The van der Waals surface area contributed by atoms with Crippen LogP contribution in [0.15, 0.2) is 59.5 Å². The van der Waals surface area contributed by atoms with Gasteiger partial charge in [0.25, 0.3) is 5.91 Å². The number of hydrogen-bond acceptors (Lipinski definition) is 5. The highest BCUT2D eigenvalue weighted by Gasteiger charge is 2.29. The SMILES string of the molecule is CCOc1ccccc1C(=O)NCC(=O)NCC1CCN(S(=O)(=O)c2ccccc2)CC1. The summed E-state index contributed by atoms with van der Waals surface area (Å²) in [6, 6.07) is 15.3. The Hall–Kier alpha value is -2.91. The van der Waals surface area contributed by atoms with Gasteiger partial charge in [-0.2, -0.15) is 4.31 Å². The molecule has 3 rings (SSSR count). The second-order valence-electron chi connectivity index (χ2n) is 7.58. The van der Waals surface area contributed by atoms with Gasteiger partial charge in [-0.1, -0.05) is 30.3 Å². The fourth-order valence-corrected chi connectivity index (χ4v) is 5.10. The molecule has 0 spiro atoms. The molecule has 2 N–H and O–H groups in total. The van der Waals surface area contributed by atoms with E-state index in [4.69, 9.17) is 4.74 Å². The highest BCUT2D eigenvalue weighted by molar-refractivity contribution is 7.89. The Morgan fingerprint density at radius 1 is 1.00 bits per heavy atom. The van der Waals surface area contributed by atoms with E-state index < -0.39 is 10.0 Å². The summed E-state index contributed by atoms with van der Waals surface area (Å²) in [5.41, 5.74) is 0.383. The third kappa shape index (κ3) is 6.08. The molecule has 0 aliphatic carbocycles. The molecular formula is C23H29N3O5S. The molecule has 32 heavy (non-hydrogen) atoms. The van der Waals surface area contributed by atoms with Crippen LogP contribution in [-0.4, -0.2) is 57.3 Å². The first-order valence-corrected chi connectivity index (χ1v) is 12.2. The van der Waals surface area contributed by atoms with Crippen LogP contribution >= 0.6 is 0 Å². The molecule has 1 aliphatic heterocycles. The fraction of sp³-hybridized carbons (Fsp3) is 0.391. The van der Waals surface area contributed by atoms with Crippen molar-refractivity contribution in [2.45, 2.75) is 24.7 Å². The summed E-state index contributed by atoms with van der Waals surface area (Å²) in [7, 11) is -3.48. The molecule has 0 radical (unpaired) electrons. The minimum atomic E-state index is -3.48. The van der Waals surface area contributed by atoms with Gasteiger partial charge >= 0.3 is 0 Å². The topological polar surface area (TPSA) is 105 Å². The first kappa shape index (κ1) is 23.7. The van der Waals surface area contributed by atoms with Crippen LogP contribution < -0.4 is 15.4 Å². The van der Waals surface area contributed by atoms with Gasteiger partial charge in [0.1, 0.15) is 5.75 Å². The molecule has 1 saturated heterocycles. The molecule has 172 valence electrons. The monoisotopic (exact) mass is 459 g/mol. The summed E-state index contributed by atoms with van der Waals surface area (Å²) in [6.07, 6.45) is 1.33. The van der Waals surface area contributed by atoms with E-state index in [0.717, 1.165) is 0 Å². The van der Waals surface area contributed by atoms with E-state index in [1.165, 1.54) is 4.31 Å². The molecule has 0 aromatic heterocycles. The molecule has 9 heteroatoms. The van der Waals surface area contributed by atoms with Crippen molar-refractivity contribution in [3.63, 3.8) is 0 Å². The summed E-state index contributed by atoms with van der Waals surface area (Å²) >= 11 is 0. The van der Waals surface area contributed by atoms with Crippen LogP contribution in [0.2, 0.25) is 0 Å². The first-order chi connectivity index (χ1) is 15.4. The van der Waals surface area contributed by atoms with Crippen molar-refractivity contribution in [1.29, 1.82) is 0 Å². The zero-order valence-electron chi connectivity index (χ0n) is 18.1. The lowest BCUT2D eigenvalue weighted by Gasteiger charge is -2.31. The molecule has 0 unspecified atom stereocenters. The van der Waals surface area contributed by atoms with E-state index in [-0.39, 0.29) is 24.3 Å². The average molecular weight is 460 g/mol. The Balaban J connectivity index is 1.41. The Morgan fingerprint density at radius 3 is 2.34 bits per heavy atom. The number of para-hydroxylation sites is 1. The highest BCUT2D eigenvalue weighted by Crippen LogP contribution is 2.23. The van der Waals surface area contributed by atoms with Crippen molar-refractivity contribution in [2.75, 3.05) is 32.8 Å². The summed E-state index contributed by atoms with van der Waals surface area (Å²) < 4.78 is 32.3. The Bertz CT molecular complexity index is 1020. The normalized spacial score (nSPS) is 15.2. The van der Waals surface area contributed by atoms with Gasteiger partial charge in [-0.25, -0.2) is 8.42 Å². The van der Waals surface area contributed by atoms with Gasteiger partial charge in [0, 0.05) is 19.6 Å². The molecule has 2 amide bonds. The van der Waals surface area contributed by atoms with Crippen molar-refractivity contribution in [3.05, 3.63) is 60.2 Å². The van der Waals surface area contributed by atoms with Crippen molar-refractivity contribution < 1.29 is 22.7 Å². The van der Waals surface area contributed by atoms with Gasteiger partial charge < -0.3 is 15.4 Å². The zero-order chi connectivity index (χ0) is 23.0. The number of carbonyl (C=O) groups excluding carboxylic acids is 2. The predicted molar refractivity (Wildman–Crippen MR) is 121 cm³/mol. The third-order valence-electron chi connectivity index (χ3n) is 5.38. The zero-order valence-corrected chi connectivity index (χ0v) is 18.9. The fourth-order valence-electron chi connectivity index (χ4n) is 3.61. The Labute approximate surface area is 189 Å². The van der Waals surface area contributed by atoms with Crippen LogP contribution in [0.5, 0.6) is 5.75 Å². The van der Waals surface area contributed by atoms with E-state index in [1.54, 1.807) is 54.6 Å². The lowest BCUT2D eigenvalue weighted by atomic mass is 9.98. The van der Waals surface area contributed by atoms with E-state index in [0.29, 0.717) is 55.3 Å². The summed E-state index contributed by atoms with van der Waals surface area (Å²) in [5, 5.41) is 5.44. The van der Waals surface area contributed by atoms with E-state index >= 15 is 0 Å². The quantitative estimate of drug-likeness (QED) is 0.597. The Kier molecular flexibility index (Phi) is 8.24. The predicted octanol–water partition coefficient (Wildman–Crippen LogP) is 2.03. The first-order valence-electron chi connectivity index (χ1n) is 10.7. The molecule has 0 atom stereocenters. The van der Waals surface area contributed by atoms with E-state index in [9.17, 15) is 18.0 Å². The molecule has 2 aromatic carbocycles. The number of rotatable bonds is 9. The Morgan fingerprint density at radius 2 is 1.66 bits per heavy atom. The van der Waals surface area contributed by atoms with Gasteiger partial charge in [0.05, 0.1) is 23.6 Å². The molecule has 1 aliphatic rings. The number of amides is 2. The van der Waals surface area contributed by atoms with Crippen LogP contribution in [0.25, 0.3) is 0 Å². The van der Waals surface area contributed by atoms with Gasteiger partial charge in [-0.3, -0.25) is 9.59 Å². The number of hydrogen-bond donors (Lipinski definition) is 2. The number of nitrogens with zero attached hydrogens (tertiary/aromatic N) is 1. The smallest absolute Gasteiger partial charge is 0.255 e. The number of piperidine rings is 1. The number of sulfonamides is 1. The van der Waals surface area contributed by atoms with Crippen LogP contribution in [-0.2, 0) is 14.8 Å². The van der Waals surface area contributed by atoms with E-state index in [1.807, 2.05) is 6.92 Å². The second kappa shape index (κ2) is 11.1. The van der Waals surface area contributed by atoms with Crippen LogP contribution in [0.3, 0.4) is 0 Å². The van der Waals surface area contributed by atoms with Crippen LogP contribution in [0.1, 0.15) is 30.1 Å². The molecule has 1 heterocycles. The minimum Gasteiger partial charge on any atom is -0.493 e. The number of nitrogens with one attached hydrogen (secondary N) is 2. The maximum atomic E-state index is 12.7. The lowest BCUT2D eigenvalue weighted by Crippen LogP contribution is -2.43. The maximum absolute atomic E-state index is 12.7. The van der Waals surface area contributed by atoms with Gasteiger partial charge in [-0.05, 0) is 49.9 Å². The largest absolute Gasteiger partial charge is 0.493 e. The molecule has 2 aromatic rings. The van der Waals surface area contributed by atoms with E-state index in [2.05, 4.69) is 10.6 Å². The molecular weight excluding hydrogens is 430 g/mol. The molecule has 1 fully saturated rings. The van der Waals surface area contributed by atoms with Gasteiger partial charge in [0.2, 0.25) is 15.9 Å². The molecule has 0 saturated carbocycles. The molecule has 8 nitrogen and oxygen atoms in total. The van der Waals surface area contributed by atoms with Gasteiger partial charge in [0.15, 0.2) is 0 Å². The maximum Gasteiger partial charge on any atom is 0.255 e. The number of carbonyl (C=O) groups is 2. The van der Waals surface area contributed by atoms with Gasteiger partial charge in [-0.15, -0.1) is 0 Å². The summed E-state index contributed by atoms with van der Waals surface area (Å²) in [4.78, 5) is 24.8. The second-order valence-corrected chi connectivity index (χ2v) is 9.51.